The van der Waals surface area contributed by atoms with E-state index in [1.54, 1.807) is 12.4 Å². The van der Waals surface area contributed by atoms with Crippen molar-refractivity contribution in [3.05, 3.63) is 95.3 Å². The number of nitrogens with zero attached hydrogens (tertiary/aromatic N) is 1. The van der Waals surface area contributed by atoms with Crippen LogP contribution in [0.4, 0.5) is 0 Å². The zero-order valence-corrected chi connectivity index (χ0v) is 16.9. The summed E-state index contributed by atoms with van der Waals surface area (Å²) < 4.78 is 5.50. The van der Waals surface area contributed by atoms with E-state index in [1.165, 1.54) is 31.2 Å². The largest absolute Gasteiger partial charge is 0.423 e. The number of aromatic nitrogens is 1. The minimum Gasteiger partial charge on any atom is -0.423 e. The van der Waals surface area contributed by atoms with Crippen LogP contribution in [0, 0.1) is 0 Å². The number of ether oxygens (including phenoxy) is 1. The van der Waals surface area contributed by atoms with Gasteiger partial charge in [0.05, 0.1) is 5.56 Å². The molecule has 0 radical (unpaired) electrons. The maximum atomic E-state index is 12.4. The van der Waals surface area contributed by atoms with Crippen LogP contribution < -0.4 is 4.74 Å². The first-order valence-electron chi connectivity index (χ1n) is 10.2. The van der Waals surface area contributed by atoms with Gasteiger partial charge in [0, 0.05) is 12.4 Å². The molecule has 3 rings (SSSR count). The first-order chi connectivity index (χ1) is 14.2. The Kier molecular flexibility index (Phi) is 7.76. The fourth-order valence-electron chi connectivity index (χ4n) is 3.04. The van der Waals surface area contributed by atoms with E-state index in [1.807, 2.05) is 72.8 Å². The van der Waals surface area contributed by atoms with Crippen LogP contribution in [-0.2, 0) is 6.42 Å². The third-order valence-electron chi connectivity index (χ3n) is 4.77. The Morgan fingerprint density at radius 1 is 0.828 bits per heavy atom. The molecule has 0 saturated heterocycles. The number of aryl methyl sites for hydroxylation is 1. The quantitative estimate of drug-likeness (QED) is 0.237. The summed E-state index contributed by atoms with van der Waals surface area (Å²) >= 11 is 0. The lowest BCUT2D eigenvalue weighted by molar-refractivity contribution is 0.0734. The molecule has 0 N–H and O–H groups in total. The van der Waals surface area contributed by atoms with Gasteiger partial charge < -0.3 is 4.74 Å². The maximum Gasteiger partial charge on any atom is 0.343 e. The fraction of sp³-hybridized carbons (Fsp3) is 0.231. The van der Waals surface area contributed by atoms with Crippen molar-refractivity contribution in [2.45, 2.75) is 39.0 Å². The zero-order chi connectivity index (χ0) is 20.3. The molecule has 148 valence electrons. The Hall–Kier alpha value is -3.20. The SMILES string of the molecule is CCCCCCc1ccc(C(=O)Oc2ccc(/C=C/c3ccncc3)cc2)cc1. The Balaban J connectivity index is 1.53. The molecular weight excluding hydrogens is 358 g/mol. The predicted octanol–water partition coefficient (Wildman–Crippen LogP) is 6.59. The molecule has 0 spiro atoms. The average Bonchev–Trinajstić information content (AvgIpc) is 2.77. The number of benzene rings is 2. The summed E-state index contributed by atoms with van der Waals surface area (Å²) in [5.74, 6) is 0.210. The highest BCUT2D eigenvalue weighted by atomic mass is 16.5. The van der Waals surface area contributed by atoms with E-state index in [-0.39, 0.29) is 5.97 Å². The van der Waals surface area contributed by atoms with E-state index in [9.17, 15) is 4.79 Å². The summed E-state index contributed by atoms with van der Waals surface area (Å²) in [4.78, 5) is 16.4. The number of unbranched alkanes of at least 4 members (excludes halogenated alkanes) is 3. The Bertz CT molecular complexity index is 913. The second-order valence-corrected chi connectivity index (χ2v) is 7.08. The Morgan fingerprint density at radius 2 is 1.48 bits per heavy atom. The summed E-state index contributed by atoms with van der Waals surface area (Å²) in [7, 11) is 0. The lowest BCUT2D eigenvalue weighted by atomic mass is 10.0. The van der Waals surface area contributed by atoms with Crippen LogP contribution >= 0.6 is 0 Å². The molecule has 0 aliphatic rings. The standard InChI is InChI=1S/C26H27NO2/c1-2-3-4-5-6-21-9-13-24(14-10-21)26(28)29-25-15-11-22(12-16-25)7-8-23-17-19-27-20-18-23/h7-20H,2-6H2,1H3/b8-7+. The van der Waals surface area contributed by atoms with E-state index < -0.39 is 0 Å². The molecule has 0 aliphatic heterocycles. The van der Waals surface area contributed by atoms with E-state index in [2.05, 4.69) is 11.9 Å². The molecule has 0 aliphatic carbocycles. The Labute approximate surface area is 173 Å². The average molecular weight is 386 g/mol. The number of carbonyl (C=O) groups excluding carboxylic acids is 1. The molecular formula is C26H27NO2. The van der Waals surface area contributed by atoms with Crippen LogP contribution in [-0.4, -0.2) is 11.0 Å². The van der Waals surface area contributed by atoms with Gasteiger partial charge >= 0.3 is 5.97 Å². The molecule has 0 bridgehead atoms. The molecule has 29 heavy (non-hydrogen) atoms. The van der Waals surface area contributed by atoms with Crippen molar-refractivity contribution in [2.75, 3.05) is 0 Å². The highest BCUT2D eigenvalue weighted by Gasteiger charge is 2.08. The van der Waals surface area contributed by atoms with Crippen LogP contribution in [0.2, 0.25) is 0 Å². The van der Waals surface area contributed by atoms with Crippen LogP contribution in [0.5, 0.6) is 5.75 Å². The fourth-order valence-corrected chi connectivity index (χ4v) is 3.04. The van der Waals surface area contributed by atoms with E-state index >= 15 is 0 Å². The lowest BCUT2D eigenvalue weighted by Gasteiger charge is -2.06. The Morgan fingerprint density at radius 3 is 2.14 bits per heavy atom. The molecule has 3 nitrogen and oxygen atoms in total. The second-order valence-electron chi connectivity index (χ2n) is 7.08. The van der Waals surface area contributed by atoms with E-state index in [0.717, 1.165) is 17.5 Å². The normalized spacial score (nSPS) is 10.9. The second kappa shape index (κ2) is 11.0. The summed E-state index contributed by atoms with van der Waals surface area (Å²) in [6.07, 6.45) is 13.6. The number of esters is 1. The first kappa shape index (κ1) is 20.5. The molecule has 1 heterocycles. The van der Waals surface area contributed by atoms with Gasteiger partial charge in [-0.05, 0) is 65.9 Å². The van der Waals surface area contributed by atoms with Gasteiger partial charge in [-0.2, -0.15) is 0 Å². The van der Waals surface area contributed by atoms with Gasteiger partial charge in [-0.15, -0.1) is 0 Å². The molecule has 1 aromatic heterocycles. The van der Waals surface area contributed by atoms with E-state index in [0.29, 0.717) is 11.3 Å². The summed E-state index contributed by atoms with van der Waals surface area (Å²) in [5.41, 5.74) is 3.96. The van der Waals surface area contributed by atoms with Gasteiger partial charge in [0.25, 0.3) is 0 Å². The van der Waals surface area contributed by atoms with Gasteiger partial charge in [0.1, 0.15) is 5.75 Å². The predicted molar refractivity (Wildman–Crippen MR) is 119 cm³/mol. The van der Waals surface area contributed by atoms with Crippen LogP contribution in [0.3, 0.4) is 0 Å². The number of carbonyl (C=O) groups is 1. The van der Waals surface area contributed by atoms with Crippen molar-refractivity contribution in [3.63, 3.8) is 0 Å². The van der Waals surface area contributed by atoms with Crippen LogP contribution in [0.25, 0.3) is 12.2 Å². The first-order valence-corrected chi connectivity index (χ1v) is 10.2. The molecule has 3 aromatic rings. The highest BCUT2D eigenvalue weighted by Crippen LogP contribution is 2.17. The number of rotatable bonds is 9. The van der Waals surface area contributed by atoms with Crippen molar-refractivity contribution < 1.29 is 9.53 Å². The number of hydrogen-bond acceptors (Lipinski definition) is 3. The number of pyridine rings is 1. The maximum absolute atomic E-state index is 12.4. The monoisotopic (exact) mass is 385 g/mol. The molecule has 2 aromatic carbocycles. The third kappa shape index (κ3) is 6.72. The molecule has 0 unspecified atom stereocenters. The van der Waals surface area contributed by atoms with Crippen LogP contribution in [0.1, 0.15) is 59.7 Å². The molecule has 0 saturated carbocycles. The van der Waals surface area contributed by atoms with Crippen molar-refractivity contribution in [3.8, 4) is 5.75 Å². The van der Waals surface area contributed by atoms with Crippen molar-refractivity contribution in [1.82, 2.24) is 4.98 Å². The molecule has 0 atom stereocenters. The molecule has 0 amide bonds. The highest BCUT2D eigenvalue weighted by molar-refractivity contribution is 5.91. The lowest BCUT2D eigenvalue weighted by Crippen LogP contribution is -2.08. The van der Waals surface area contributed by atoms with Crippen LogP contribution in [0.15, 0.2) is 73.1 Å². The summed E-state index contributed by atoms with van der Waals surface area (Å²) in [6.45, 7) is 2.22. The summed E-state index contributed by atoms with van der Waals surface area (Å²) in [5, 5.41) is 0. The van der Waals surface area contributed by atoms with Gasteiger partial charge in [-0.25, -0.2) is 4.79 Å². The minimum absolute atomic E-state index is 0.331. The summed E-state index contributed by atoms with van der Waals surface area (Å²) in [6, 6.07) is 19.1. The van der Waals surface area contributed by atoms with Gasteiger partial charge in [0.2, 0.25) is 0 Å². The van der Waals surface area contributed by atoms with Crippen molar-refractivity contribution in [1.29, 1.82) is 0 Å². The van der Waals surface area contributed by atoms with E-state index in [4.69, 9.17) is 4.74 Å². The van der Waals surface area contributed by atoms with Gasteiger partial charge in [-0.3, -0.25) is 4.98 Å². The van der Waals surface area contributed by atoms with Crippen molar-refractivity contribution >= 4 is 18.1 Å². The molecule has 3 heteroatoms. The van der Waals surface area contributed by atoms with Gasteiger partial charge in [-0.1, -0.05) is 62.6 Å². The van der Waals surface area contributed by atoms with Crippen molar-refractivity contribution in [2.24, 2.45) is 0 Å². The topological polar surface area (TPSA) is 39.2 Å². The molecule has 0 fully saturated rings. The zero-order valence-electron chi connectivity index (χ0n) is 16.9. The minimum atomic E-state index is -0.331. The smallest absolute Gasteiger partial charge is 0.343 e. The third-order valence-corrected chi connectivity index (χ3v) is 4.77. The van der Waals surface area contributed by atoms with Gasteiger partial charge in [0.15, 0.2) is 0 Å². The number of hydrogen-bond donors (Lipinski definition) is 0.